The van der Waals surface area contributed by atoms with E-state index in [4.69, 9.17) is 0 Å². The first-order valence-corrected chi connectivity index (χ1v) is 9.12. The van der Waals surface area contributed by atoms with Crippen LogP contribution < -0.4 is 0 Å². The maximum absolute atomic E-state index is 12.9. The largest absolute Gasteiger partial charge is 0.338 e. The molecule has 0 spiro atoms. The van der Waals surface area contributed by atoms with Crippen LogP contribution in [-0.4, -0.2) is 56.3 Å². The van der Waals surface area contributed by atoms with E-state index < -0.39 is 0 Å². The van der Waals surface area contributed by atoms with Gasteiger partial charge in [0.05, 0.1) is 12.1 Å². The fourth-order valence-electron chi connectivity index (χ4n) is 4.23. The summed E-state index contributed by atoms with van der Waals surface area (Å²) < 4.78 is 2.02. The zero-order chi connectivity index (χ0) is 17.1. The second-order valence-electron chi connectivity index (χ2n) is 6.99. The van der Waals surface area contributed by atoms with Crippen LogP contribution in [0.4, 0.5) is 0 Å². The number of carbonyl (C=O) groups is 2. The van der Waals surface area contributed by atoms with Crippen molar-refractivity contribution < 1.29 is 9.59 Å². The zero-order valence-electron chi connectivity index (χ0n) is 14.8. The van der Waals surface area contributed by atoms with Crippen molar-refractivity contribution in [3.05, 3.63) is 18.2 Å². The van der Waals surface area contributed by atoms with Gasteiger partial charge in [0.25, 0.3) is 0 Å². The number of carbonyl (C=O) groups excluding carboxylic acids is 2. The summed E-state index contributed by atoms with van der Waals surface area (Å²) in [5.41, 5.74) is 0. The molecule has 0 N–H and O–H groups in total. The van der Waals surface area contributed by atoms with E-state index in [1.807, 2.05) is 22.6 Å². The second-order valence-corrected chi connectivity index (χ2v) is 6.99. The van der Waals surface area contributed by atoms with Gasteiger partial charge in [-0.15, -0.1) is 0 Å². The van der Waals surface area contributed by atoms with Crippen molar-refractivity contribution in [2.75, 3.05) is 13.1 Å². The molecule has 2 saturated heterocycles. The fourth-order valence-corrected chi connectivity index (χ4v) is 4.23. The van der Waals surface area contributed by atoms with Crippen molar-refractivity contribution in [2.24, 2.45) is 0 Å². The Labute approximate surface area is 143 Å². The van der Waals surface area contributed by atoms with Crippen molar-refractivity contribution in [3.63, 3.8) is 0 Å². The van der Waals surface area contributed by atoms with Gasteiger partial charge in [-0.1, -0.05) is 12.8 Å². The van der Waals surface area contributed by atoms with Crippen LogP contribution in [0.15, 0.2) is 12.4 Å². The van der Waals surface area contributed by atoms with E-state index in [9.17, 15) is 9.59 Å². The van der Waals surface area contributed by atoms with Crippen molar-refractivity contribution in [1.29, 1.82) is 0 Å². The highest BCUT2D eigenvalue weighted by Crippen LogP contribution is 2.30. The quantitative estimate of drug-likeness (QED) is 0.850. The summed E-state index contributed by atoms with van der Waals surface area (Å²) in [6.07, 6.45) is 9.49. The smallest absolute Gasteiger partial charge is 0.224 e. The topological polar surface area (TPSA) is 58.4 Å². The van der Waals surface area contributed by atoms with Gasteiger partial charge in [0.1, 0.15) is 5.82 Å². The predicted molar refractivity (Wildman–Crippen MR) is 91.3 cm³/mol. The van der Waals surface area contributed by atoms with Crippen LogP contribution in [0.25, 0.3) is 0 Å². The lowest BCUT2D eigenvalue weighted by Gasteiger charge is -2.37. The number of hydrogen-bond donors (Lipinski definition) is 0. The number of rotatable bonds is 3. The molecule has 6 nitrogen and oxygen atoms in total. The minimum atomic E-state index is 0.143. The molecule has 0 radical (unpaired) electrons. The Hall–Kier alpha value is -1.85. The molecule has 3 heterocycles. The molecule has 132 valence electrons. The summed E-state index contributed by atoms with van der Waals surface area (Å²) in [6, 6.07) is 0.410. The maximum Gasteiger partial charge on any atom is 0.224 e. The van der Waals surface area contributed by atoms with E-state index in [1.165, 1.54) is 0 Å². The molecular weight excluding hydrogens is 304 g/mol. The Kier molecular flexibility index (Phi) is 5.21. The molecule has 0 aliphatic carbocycles. The van der Waals surface area contributed by atoms with Gasteiger partial charge in [0.2, 0.25) is 11.8 Å². The number of imidazole rings is 1. The molecule has 0 aromatic carbocycles. The van der Waals surface area contributed by atoms with Crippen LogP contribution in [0.2, 0.25) is 0 Å². The molecule has 2 aliphatic heterocycles. The summed E-state index contributed by atoms with van der Waals surface area (Å²) >= 11 is 0. The van der Waals surface area contributed by atoms with Gasteiger partial charge in [0, 0.05) is 45.4 Å². The average molecular weight is 332 g/mol. The summed E-state index contributed by atoms with van der Waals surface area (Å²) in [7, 11) is 0. The highest BCUT2D eigenvalue weighted by molar-refractivity contribution is 5.77. The Morgan fingerprint density at radius 3 is 2.62 bits per heavy atom. The van der Waals surface area contributed by atoms with Crippen LogP contribution in [0.3, 0.4) is 0 Å². The number of amides is 2. The summed E-state index contributed by atoms with van der Waals surface area (Å²) in [5, 5.41) is 0. The molecule has 0 unspecified atom stereocenters. The van der Waals surface area contributed by atoms with Gasteiger partial charge in [-0.05, 0) is 26.2 Å². The molecule has 0 bridgehead atoms. The maximum atomic E-state index is 12.9. The summed E-state index contributed by atoms with van der Waals surface area (Å²) in [6.45, 7) is 5.89. The number of aromatic nitrogens is 2. The van der Waals surface area contributed by atoms with Gasteiger partial charge in [-0.3, -0.25) is 9.59 Å². The number of fused-ring (bicyclic) bond motifs is 1. The molecule has 24 heavy (non-hydrogen) atoms. The van der Waals surface area contributed by atoms with Crippen LogP contribution in [-0.2, 0) is 16.1 Å². The highest BCUT2D eigenvalue weighted by atomic mass is 16.2. The first kappa shape index (κ1) is 17.0. The molecule has 2 amide bonds. The Morgan fingerprint density at radius 1 is 1.12 bits per heavy atom. The van der Waals surface area contributed by atoms with Crippen LogP contribution in [0, 0.1) is 6.92 Å². The Morgan fingerprint density at radius 2 is 1.92 bits per heavy atom. The third-order valence-corrected chi connectivity index (χ3v) is 5.52. The molecule has 3 rings (SSSR count). The number of likely N-dealkylation sites (tertiary alicyclic amines) is 2. The van der Waals surface area contributed by atoms with Crippen molar-refractivity contribution in [1.82, 2.24) is 19.4 Å². The van der Waals surface area contributed by atoms with E-state index in [-0.39, 0.29) is 23.9 Å². The summed E-state index contributed by atoms with van der Waals surface area (Å²) in [4.78, 5) is 33.0. The van der Waals surface area contributed by atoms with Gasteiger partial charge >= 0.3 is 0 Å². The van der Waals surface area contributed by atoms with Gasteiger partial charge < -0.3 is 14.4 Å². The van der Waals surface area contributed by atoms with Crippen molar-refractivity contribution in [3.8, 4) is 0 Å². The Balaban J connectivity index is 1.68. The third kappa shape index (κ3) is 3.47. The lowest BCUT2D eigenvalue weighted by Crippen LogP contribution is -2.50. The number of nitrogens with zero attached hydrogens (tertiary/aromatic N) is 4. The Bertz CT molecular complexity index is 598. The van der Waals surface area contributed by atoms with E-state index in [2.05, 4.69) is 9.88 Å². The molecular formula is C18H28N4O2. The van der Waals surface area contributed by atoms with Gasteiger partial charge in [0.15, 0.2) is 0 Å². The van der Waals surface area contributed by atoms with Gasteiger partial charge in [-0.25, -0.2) is 4.98 Å². The van der Waals surface area contributed by atoms with E-state index in [0.29, 0.717) is 13.0 Å². The third-order valence-electron chi connectivity index (χ3n) is 5.52. The van der Waals surface area contributed by atoms with Crippen LogP contribution >= 0.6 is 0 Å². The average Bonchev–Trinajstić information content (AvgIpc) is 3.11. The monoisotopic (exact) mass is 332 g/mol. The molecule has 6 heteroatoms. The SMILES string of the molecule is CC(=O)N1CC[C@H]2[C@H]1CCCCCN2C(=O)CCn1ccnc1C. The predicted octanol–water partition coefficient (Wildman–Crippen LogP) is 1.97. The lowest BCUT2D eigenvalue weighted by atomic mass is 9.96. The van der Waals surface area contributed by atoms with E-state index in [0.717, 1.165) is 51.0 Å². The normalized spacial score (nSPS) is 24.4. The highest BCUT2D eigenvalue weighted by Gasteiger charge is 2.40. The van der Waals surface area contributed by atoms with Crippen molar-refractivity contribution in [2.45, 2.75) is 71.0 Å². The number of aryl methyl sites for hydroxylation is 2. The van der Waals surface area contributed by atoms with Crippen molar-refractivity contribution >= 4 is 11.8 Å². The van der Waals surface area contributed by atoms with Gasteiger partial charge in [-0.2, -0.15) is 0 Å². The van der Waals surface area contributed by atoms with E-state index >= 15 is 0 Å². The molecule has 2 aliphatic rings. The van der Waals surface area contributed by atoms with E-state index in [1.54, 1.807) is 13.1 Å². The first-order valence-electron chi connectivity index (χ1n) is 9.12. The minimum absolute atomic E-state index is 0.143. The minimum Gasteiger partial charge on any atom is -0.338 e. The molecule has 1 aromatic rings. The van der Waals surface area contributed by atoms with Crippen LogP contribution in [0.1, 0.15) is 51.3 Å². The molecule has 0 saturated carbocycles. The zero-order valence-corrected chi connectivity index (χ0v) is 14.8. The molecule has 2 fully saturated rings. The molecule has 2 atom stereocenters. The lowest BCUT2D eigenvalue weighted by molar-refractivity contribution is -0.137. The van der Waals surface area contributed by atoms with Crippen LogP contribution in [0.5, 0.6) is 0 Å². The fraction of sp³-hybridized carbons (Fsp3) is 0.722. The molecule has 1 aromatic heterocycles. The summed E-state index contributed by atoms with van der Waals surface area (Å²) in [5.74, 6) is 1.30. The number of hydrogen-bond acceptors (Lipinski definition) is 3. The second kappa shape index (κ2) is 7.36. The first-order chi connectivity index (χ1) is 11.6. The standard InChI is InChI=1S/C18H28N4O2/c1-14-19-9-13-20(14)11-8-18(24)22-10-5-3-4-6-16-17(22)7-12-21(16)15(2)23/h9,13,16-17H,3-8,10-12H2,1-2H3/t16-,17+/m1/s1.